The van der Waals surface area contributed by atoms with Crippen molar-refractivity contribution in [1.82, 2.24) is 0 Å². The molecule has 2 rings (SSSR count). The molecule has 2 aromatic carbocycles. The number of fused-ring (bicyclic) bond motifs is 1. The van der Waals surface area contributed by atoms with E-state index in [0.29, 0.717) is 16.3 Å². The fourth-order valence-electron chi connectivity index (χ4n) is 1.81. The first-order valence-electron chi connectivity index (χ1n) is 5.68. The van der Waals surface area contributed by atoms with Crippen LogP contribution in [0.2, 0.25) is 0 Å². The summed E-state index contributed by atoms with van der Waals surface area (Å²) in [7, 11) is 0. The Hall–Kier alpha value is -2.56. The van der Waals surface area contributed by atoms with Crippen molar-refractivity contribution < 1.29 is 24.9 Å². The van der Waals surface area contributed by atoms with Crippen LogP contribution in [0.3, 0.4) is 0 Å². The van der Waals surface area contributed by atoms with E-state index in [0.717, 1.165) is 0 Å². The van der Waals surface area contributed by atoms with Crippen molar-refractivity contribution in [1.29, 1.82) is 0 Å². The molecular weight excluding hydrogens is 248 g/mol. The summed E-state index contributed by atoms with van der Waals surface area (Å²) >= 11 is 0. The smallest absolute Gasteiger partial charge is 0.303 e. The third-order valence-corrected chi connectivity index (χ3v) is 2.82. The van der Waals surface area contributed by atoms with Gasteiger partial charge in [0.1, 0.15) is 0 Å². The number of phenolic OH excluding ortho intramolecular Hbond substituents is 2. The maximum Gasteiger partial charge on any atom is 0.303 e. The van der Waals surface area contributed by atoms with Crippen molar-refractivity contribution >= 4 is 22.5 Å². The summed E-state index contributed by atoms with van der Waals surface area (Å²) in [6.07, 6.45) is -0.275. The fourth-order valence-corrected chi connectivity index (χ4v) is 1.81. The van der Waals surface area contributed by atoms with Gasteiger partial charge >= 0.3 is 5.97 Å². The van der Waals surface area contributed by atoms with Gasteiger partial charge in [0, 0.05) is 12.0 Å². The molecule has 0 aromatic heterocycles. The van der Waals surface area contributed by atoms with Crippen LogP contribution in [0.5, 0.6) is 11.5 Å². The average molecular weight is 260 g/mol. The number of carbonyl (C=O) groups is 2. The molecule has 0 amide bonds. The molecule has 0 aliphatic carbocycles. The van der Waals surface area contributed by atoms with Crippen LogP contribution >= 0.6 is 0 Å². The van der Waals surface area contributed by atoms with Crippen LogP contribution in [0.25, 0.3) is 10.8 Å². The van der Waals surface area contributed by atoms with Crippen molar-refractivity contribution in [3.05, 3.63) is 35.9 Å². The fraction of sp³-hybridized carbons (Fsp3) is 0.143. The number of carboxylic acids is 1. The Morgan fingerprint density at radius 3 is 2.16 bits per heavy atom. The van der Waals surface area contributed by atoms with Gasteiger partial charge in [-0.15, -0.1) is 0 Å². The van der Waals surface area contributed by atoms with Gasteiger partial charge < -0.3 is 15.3 Å². The van der Waals surface area contributed by atoms with Crippen molar-refractivity contribution in [2.45, 2.75) is 12.8 Å². The van der Waals surface area contributed by atoms with Crippen molar-refractivity contribution in [3.63, 3.8) is 0 Å². The molecule has 3 N–H and O–H groups in total. The highest BCUT2D eigenvalue weighted by molar-refractivity contribution is 6.01. The number of ketones is 1. The summed E-state index contributed by atoms with van der Waals surface area (Å²) in [5.41, 5.74) is 0.388. The van der Waals surface area contributed by atoms with Gasteiger partial charge in [-0.2, -0.15) is 0 Å². The summed E-state index contributed by atoms with van der Waals surface area (Å²) in [5.74, 6) is -1.77. The van der Waals surface area contributed by atoms with E-state index >= 15 is 0 Å². The number of hydrogen-bond acceptors (Lipinski definition) is 4. The minimum absolute atomic E-state index is 0.0646. The van der Waals surface area contributed by atoms with Gasteiger partial charge in [0.25, 0.3) is 0 Å². The zero-order valence-electron chi connectivity index (χ0n) is 9.96. The first-order chi connectivity index (χ1) is 8.97. The molecule has 0 aliphatic heterocycles. The monoisotopic (exact) mass is 260 g/mol. The molecule has 5 nitrogen and oxygen atoms in total. The normalized spacial score (nSPS) is 10.5. The number of carboxylic acid groups (broad SMARTS) is 1. The minimum Gasteiger partial charge on any atom is -0.504 e. The number of aliphatic carboxylic acids is 1. The SMILES string of the molecule is O=C(O)CCC(=O)c1ccc2cc(O)c(O)cc2c1. The van der Waals surface area contributed by atoms with E-state index in [2.05, 4.69) is 0 Å². The van der Waals surface area contributed by atoms with E-state index in [1.807, 2.05) is 0 Å². The Morgan fingerprint density at radius 2 is 1.53 bits per heavy atom. The number of hydrogen-bond donors (Lipinski definition) is 3. The molecule has 0 saturated heterocycles. The molecule has 0 atom stereocenters. The van der Waals surface area contributed by atoms with Crippen LogP contribution < -0.4 is 0 Å². The maximum absolute atomic E-state index is 11.8. The highest BCUT2D eigenvalue weighted by Gasteiger charge is 2.10. The number of phenols is 2. The Bertz CT molecular complexity index is 660. The van der Waals surface area contributed by atoms with Crippen LogP contribution in [-0.2, 0) is 4.79 Å². The second kappa shape index (κ2) is 4.97. The van der Waals surface area contributed by atoms with E-state index in [4.69, 9.17) is 5.11 Å². The summed E-state index contributed by atoms with van der Waals surface area (Å²) in [6.45, 7) is 0. The molecule has 2 aromatic rings. The standard InChI is InChI=1S/C14H12O5/c15-11(3-4-14(18)19)9-2-1-8-6-12(16)13(17)7-10(8)5-9/h1-2,5-7,16-17H,3-4H2,(H,18,19). The van der Waals surface area contributed by atoms with Crippen LogP contribution in [0, 0.1) is 0 Å². The number of Topliss-reactive ketones (excluding diaryl/α,β-unsaturated/α-hetero) is 1. The lowest BCUT2D eigenvalue weighted by Crippen LogP contribution is -2.03. The second-order valence-corrected chi connectivity index (χ2v) is 4.22. The van der Waals surface area contributed by atoms with Gasteiger partial charge in [0.2, 0.25) is 0 Å². The zero-order valence-corrected chi connectivity index (χ0v) is 9.96. The first-order valence-corrected chi connectivity index (χ1v) is 5.68. The summed E-state index contributed by atoms with van der Waals surface area (Å²) < 4.78 is 0. The molecule has 0 spiro atoms. The lowest BCUT2D eigenvalue weighted by Gasteiger charge is -2.04. The molecule has 0 bridgehead atoms. The van der Waals surface area contributed by atoms with Gasteiger partial charge in [-0.05, 0) is 29.0 Å². The lowest BCUT2D eigenvalue weighted by atomic mass is 10.0. The van der Waals surface area contributed by atoms with Gasteiger partial charge in [-0.25, -0.2) is 0 Å². The topological polar surface area (TPSA) is 94.8 Å². The Morgan fingerprint density at radius 1 is 0.895 bits per heavy atom. The van der Waals surface area contributed by atoms with Crippen LogP contribution in [-0.4, -0.2) is 27.1 Å². The molecule has 0 heterocycles. The van der Waals surface area contributed by atoms with Crippen molar-refractivity contribution in [2.75, 3.05) is 0 Å². The van der Waals surface area contributed by atoms with Crippen LogP contribution in [0.15, 0.2) is 30.3 Å². The van der Waals surface area contributed by atoms with Gasteiger partial charge in [-0.3, -0.25) is 9.59 Å². The second-order valence-electron chi connectivity index (χ2n) is 4.22. The maximum atomic E-state index is 11.8. The van der Waals surface area contributed by atoms with E-state index in [9.17, 15) is 19.8 Å². The molecule has 0 saturated carbocycles. The van der Waals surface area contributed by atoms with Crippen molar-refractivity contribution in [2.24, 2.45) is 0 Å². The van der Waals surface area contributed by atoms with Gasteiger partial charge in [0.15, 0.2) is 17.3 Å². The largest absolute Gasteiger partial charge is 0.504 e. The molecule has 19 heavy (non-hydrogen) atoms. The molecular formula is C14H12O5. The number of benzene rings is 2. The lowest BCUT2D eigenvalue weighted by molar-refractivity contribution is -0.136. The predicted molar refractivity (Wildman–Crippen MR) is 68.5 cm³/mol. The summed E-state index contributed by atoms with van der Waals surface area (Å²) in [4.78, 5) is 22.2. The third-order valence-electron chi connectivity index (χ3n) is 2.82. The molecule has 98 valence electrons. The Balaban J connectivity index is 2.33. The van der Waals surface area contributed by atoms with Crippen LogP contribution in [0.1, 0.15) is 23.2 Å². The Labute approximate surface area is 108 Å². The van der Waals surface area contributed by atoms with Gasteiger partial charge in [-0.1, -0.05) is 12.1 Å². The predicted octanol–water partition coefficient (Wildman–Crippen LogP) is 2.30. The molecule has 5 heteroatoms. The van der Waals surface area contributed by atoms with E-state index in [1.165, 1.54) is 12.1 Å². The average Bonchev–Trinajstić information content (AvgIpc) is 2.36. The van der Waals surface area contributed by atoms with Gasteiger partial charge in [0.05, 0.1) is 6.42 Å². The summed E-state index contributed by atoms with van der Waals surface area (Å²) in [6, 6.07) is 7.54. The molecule has 0 unspecified atom stereocenters. The first kappa shape index (κ1) is 12.9. The molecule has 0 radical (unpaired) electrons. The molecule has 0 fully saturated rings. The number of carbonyl (C=O) groups excluding carboxylic acids is 1. The minimum atomic E-state index is -1.02. The third kappa shape index (κ3) is 2.82. The highest BCUT2D eigenvalue weighted by Crippen LogP contribution is 2.30. The van der Waals surface area contributed by atoms with Crippen LogP contribution in [0.4, 0.5) is 0 Å². The summed E-state index contributed by atoms with van der Waals surface area (Å²) in [5, 5.41) is 28.6. The quantitative estimate of drug-likeness (QED) is 0.579. The number of rotatable bonds is 4. The number of aromatic hydroxyl groups is 2. The van der Waals surface area contributed by atoms with E-state index in [-0.39, 0.29) is 30.1 Å². The highest BCUT2D eigenvalue weighted by atomic mass is 16.4. The van der Waals surface area contributed by atoms with E-state index < -0.39 is 5.97 Å². The zero-order chi connectivity index (χ0) is 14.0. The Kier molecular flexibility index (Phi) is 3.37. The van der Waals surface area contributed by atoms with E-state index in [1.54, 1.807) is 18.2 Å². The molecule has 0 aliphatic rings. The van der Waals surface area contributed by atoms with Crippen molar-refractivity contribution in [3.8, 4) is 11.5 Å².